The van der Waals surface area contributed by atoms with Gasteiger partial charge in [-0.15, -0.1) is 22.7 Å². The van der Waals surface area contributed by atoms with E-state index in [1.54, 1.807) is 22.7 Å². The monoisotopic (exact) mass is 466 g/mol. The van der Waals surface area contributed by atoms with Crippen LogP contribution < -0.4 is 20.1 Å². The molecule has 0 saturated carbocycles. The van der Waals surface area contributed by atoms with Crippen molar-refractivity contribution in [3.05, 3.63) is 59.3 Å². The zero-order valence-electron chi connectivity index (χ0n) is 18.1. The average Bonchev–Trinajstić information content (AvgIpc) is 3.52. The second-order valence-corrected chi connectivity index (χ2v) is 8.74. The van der Waals surface area contributed by atoms with Crippen LogP contribution in [-0.4, -0.2) is 37.3 Å². The Kier molecular flexibility index (Phi) is 7.58. The minimum absolute atomic E-state index is 0.667. The van der Waals surface area contributed by atoms with E-state index in [1.165, 1.54) is 0 Å². The Labute approximate surface area is 196 Å². The standard InChI is InChI=1S/C24H26N4O2S2/c1-25-23-27-21(15-31-23)17-5-9-19(10-6-17)29-13-3-4-14-30-20-11-7-18(8-12-20)22-16-32-24(26-2)28-22/h5-12,15-16H,3-4,13-14H2,1-2H3,(H,25,27)(H,26,28). The van der Waals surface area contributed by atoms with E-state index in [4.69, 9.17) is 9.47 Å². The first-order chi connectivity index (χ1) is 15.7. The molecule has 4 rings (SSSR count). The molecule has 0 radical (unpaired) electrons. The highest BCUT2D eigenvalue weighted by Crippen LogP contribution is 2.27. The highest BCUT2D eigenvalue weighted by atomic mass is 32.1. The van der Waals surface area contributed by atoms with E-state index in [2.05, 4.69) is 20.6 Å². The molecule has 0 aliphatic rings. The van der Waals surface area contributed by atoms with Crippen LogP contribution in [0.3, 0.4) is 0 Å². The van der Waals surface area contributed by atoms with Gasteiger partial charge in [0.05, 0.1) is 24.6 Å². The zero-order valence-corrected chi connectivity index (χ0v) is 19.8. The summed E-state index contributed by atoms with van der Waals surface area (Å²) >= 11 is 3.20. The molecule has 0 saturated heterocycles. The second-order valence-electron chi connectivity index (χ2n) is 7.03. The van der Waals surface area contributed by atoms with E-state index in [0.717, 1.165) is 57.1 Å². The Balaban J connectivity index is 1.15. The number of hydrogen-bond donors (Lipinski definition) is 2. The van der Waals surface area contributed by atoms with E-state index in [0.29, 0.717) is 13.2 Å². The van der Waals surface area contributed by atoms with Crippen molar-refractivity contribution in [3.63, 3.8) is 0 Å². The summed E-state index contributed by atoms with van der Waals surface area (Å²) in [5.74, 6) is 1.75. The van der Waals surface area contributed by atoms with Gasteiger partial charge in [-0.05, 0) is 61.4 Å². The van der Waals surface area contributed by atoms with Gasteiger partial charge >= 0.3 is 0 Å². The largest absolute Gasteiger partial charge is 0.494 e. The fourth-order valence-corrected chi connectivity index (χ4v) is 4.43. The van der Waals surface area contributed by atoms with Crippen molar-refractivity contribution in [1.82, 2.24) is 9.97 Å². The predicted molar refractivity (Wildman–Crippen MR) is 134 cm³/mol. The molecule has 0 atom stereocenters. The molecular formula is C24H26N4O2S2. The Morgan fingerprint density at radius 2 is 1.06 bits per heavy atom. The normalized spacial score (nSPS) is 10.7. The van der Waals surface area contributed by atoms with E-state index in [9.17, 15) is 0 Å². The molecule has 2 N–H and O–H groups in total. The van der Waals surface area contributed by atoms with Gasteiger partial charge in [0.1, 0.15) is 11.5 Å². The molecule has 2 aromatic heterocycles. The van der Waals surface area contributed by atoms with E-state index >= 15 is 0 Å². The lowest BCUT2D eigenvalue weighted by molar-refractivity contribution is 0.266. The zero-order chi connectivity index (χ0) is 22.2. The molecule has 0 unspecified atom stereocenters. The average molecular weight is 467 g/mol. The van der Waals surface area contributed by atoms with E-state index in [-0.39, 0.29) is 0 Å². The van der Waals surface area contributed by atoms with Crippen molar-refractivity contribution in [2.45, 2.75) is 12.8 Å². The van der Waals surface area contributed by atoms with Crippen LogP contribution in [0, 0.1) is 0 Å². The van der Waals surface area contributed by atoms with Crippen LogP contribution >= 0.6 is 22.7 Å². The van der Waals surface area contributed by atoms with Crippen LogP contribution in [0.15, 0.2) is 59.3 Å². The topological polar surface area (TPSA) is 68.3 Å². The Hall–Kier alpha value is -3.10. The summed E-state index contributed by atoms with van der Waals surface area (Å²) in [4.78, 5) is 9.04. The summed E-state index contributed by atoms with van der Waals surface area (Å²) in [7, 11) is 3.76. The fraction of sp³-hybridized carbons (Fsp3) is 0.250. The molecule has 0 aliphatic heterocycles. The van der Waals surface area contributed by atoms with Crippen LogP contribution in [-0.2, 0) is 0 Å². The van der Waals surface area contributed by atoms with Gasteiger partial charge in [-0.25, -0.2) is 9.97 Å². The van der Waals surface area contributed by atoms with Crippen molar-refractivity contribution in [3.8, 4) is 34.0 Å². The van der Waals surface area contributed by atoms with Crippen molar-refractivity contribution in [2.75, 3.05) is 37.9 Å². The van der Waals surface area contributed by atoms with Gasteiger partial charge in [0.2, 0.25) is 0 Å². The van der Waals surface area contributed by atoms with Crippen LogP contribution in [0.2, 0.25) is 0 Å². The van der Waals surface area contributed by atoms with Gasteiger partial charge in [-0.3, -0.25) is 0 Å². The van der Waals surface area contributed by atoms with Gasteiger partial charge in [0, 0.05) is 36.0 Å². The second kappa shape index (κ2) is 11.0. The predicted octanol–water partition coefficient (Wildman–Crippen LogP) is 6.26. The number of hydrogen-bond acceptors (Lipinski definition) is 8. The summed E-state index contributed by atoms with van der Waals surface area (Å²) in [6.07, 6.45) is 1.87. The number of benzene rings is 2. The lowest BCUT2D eigenvalue weighted by atomic mass is 10.2. The quantitative estimate of drug-likeness (QED) is 0.255. The molecule has 0 amide bonds. The minimum atomic E-state index is 0.667. The lowest BCUT2D eigenvalue weighted by Crippen LogP contribution is -2.02. The number of nitrogens with zero attached hydrogens (tertiary/aromatic N) is 2. The minimum Gasteiger partial charge on any atom is -0.494 e. The first kappa shape index (κ1) is 22.1. The number of nitrogens with one attached hydrogen (secondary N) is 2. The molecule has 2 aromatic carbocycles. The smallest absolute Gasteiger partial charge is 0.182 e. The van der Waals surface area contributed by atoms with Gasteiger partial charge in [-0.2, -0.15) is 0 Å². The number of rotatable bonds is 11. The first-order valence-electron chi connectivity index (χ1n) is 10.5. The molecule has 0 spiro atoms. The molecule has 0 aliphatic carbocycles. The molecule has 4 aromatic rings. The van der Waals surface area contributed by atoms with E-state index in [1.807, 2.05) is 73.4 Å². The van der Waals surface area contributed by atoms with Crippen molar-refractivity contribution in [2.24, 2.45) is 0 Å². The third kappa shape index (κ3) is 5.77. The van der Waals surface area contributed by atoms with Crippen LogP contribution in [0.4, 0.5) is 10.3 Å². The van der Waals surface area contributed by atoms with Gasteiger partial charge in [0.15, 0.2) is 10.3 Å². The van der Waals surface area contributed by atoms with Gasteiger partial charge < -0.3 is 20.1 Å². The van der Waals surface area contributed by atoms with Crippen molar-refractivity contribution in [1.29, 1.82) is 0 Å². The maximum atomic E-state index is 5.85. The number of unbranched alkanes of at least 4 members (excludes halogenated alkanes) is 1. The highest BCUT2D eigenvalue weighted by Gasteiger charge is 2.05. The van der Waals surface area contributed by atoms with Gasteiger partial charge in [0.25, 0.3) is 0 Å². The number of aromatic nitrogens is 2. The molecular weight excluding hydrogens is 440 g/mol. The number of anilines is 2. The summed E-state index contributed by atoms with van der Waals surface area (Å²) in [5, 5.41) is 12.1. The summed E-state index contributed by atoms with van der Waals surface area (Å²) < 4.78 is 11.7. The van der Waals surface area contributed by atoms with Gasteiger partial charge in [-0.1, -0.05) is 0 Å². The van der Waals surface area contributed by atoms with Crippen LogP contribution in [0.1, 0.15) is 12.8 Å². The third-order valence-corrected chi connectivity index (χ3v) is 6.53. The van der Waals surface area contributed by atoms with E-state index < -0.39 is 0 Å². The molecule has 8 heteroatoms. The first-order valence-corrected chi connectivity index (χ1v) is 12.2. The van der Waals surface area contributed by atoms with Crippen LogP contribution in [0.25, 0.3) is 22.5 Å². The molecule has 166 valence electrons. The lowest BCUT2D eigenvalue weighted by Gasteiger charge is -2.08. The maximum Gasteiger partial charge on any atom is 0.182 e. The third-order valence-electron chi connectivity index (χ3n) is 4.81. The Bertz CT molecular complexity index is 1020. The molecule has 32 heavy (non-hydrogen) atoms. The highest BCUT2D eigenvalue weighted by molar-refractivity contribution is 7.14. The number of ether oxygens (including phenoxy) is 2. The summed E-state index contributed by atoms with van der Waals surface area (Å²) in [6, 6.07) is 16.1. The fourth-order valence-electron chi connectivity index (χ4n) is 3.07. The Morgan fingerprint density at radius 1 is 0.656 bits per heavy atom. The molecule has 2 heterocycles. The molecule has 0 fully saturated rings. The summed E-state index contributed by atoms with van der Waals surface area (Å²) in [6.45, 7) is 1.33. The molecule has 6 nitrogen and oxygen atoms in total. The maximum absolute atomic E-state index is 5.85. The Morgan fingerprint density at radius 3 is 1.41 bits per heavy atom. The summed E-state index contributed by atoms with van der Waals surface area (Å²) in [5.41, 5.74) is 4.13. The molecule has 0 bridgehead atoms. The van der Waals surface area contributed by atoms with Crippen molar-refractivity contribution >= 4 is 32.9 Å². The SMILES string of the molecule is CNc1nc(-c2ccc(OCCCCOc3ccc(-c4csc(NC)n4)cc3)cc2)cs1. The number of thiazole rings is 2. The van der Waals surface area contributed by atoms with Crippen LogP contribution in [0.5, 0.6) is 11.5 Å². The van der Waals surface area contributed by atoms with Crippen molar-refractivity contribution < 1.29 is 9.47 Å².